The van der Waals surface area contributed by atoms with E-state index in [1.807, 2.05) is 37.3 Å². The Kier molecular flexibility index (Phi) is 5.39. The average Bonchev–Trinajstić information content (AvgIpc) is 2.43. The Labute approximate surface area is 124 Å². The molecule has 4 heteroatoms. The summed E-state index contributed by atoms with van der Waals surface area (Å²) in [5, 5.41) is 3.94. The van der Waals surface area contributed by atoms with Gasteiger partial charge in [0.1, 0.15) is 11.5 Å². The maximum Gasteiger partial charge on any atom is 0.146 e. The molecular formula is C16H19ClN2O. The summed E-state index contributed by atoms with van der Waals surface area (Å²) in [6.45, 7) is 5.86. The molecule has 1 aromatic heterocycles. The summed E-state index contributed by atoms with van der Waals surface area (Å²) in [4.78, 5) is 4.31. The minimum atomic E-state index is 0.618. The second-order valence-electron chi connectivity index (χ2n) is 4.70. The number of hydrogen-bond donors (Lipinski definition) is 1. The molecule has 0 unspecified atom stereocenters. The number of rotatable bonds is 6. The van der Waals surface area contributed by atoms with Crippen LogP contribution in [-0.2, 0) is 6.54 Å². The van der Waals surface area contributed by atoms with Crippen LogP contribution in [0.1, 0.15) is 24.6 Å². The molecule has 106 valence electrons. The molecule has 0 radical (unpaired) electrons. The summed E-state index contributed by atoms with van der Waals surface area (Å²) < 4.78 is 5.81. The normalized spacial score (nSPS) is 10.6. The number of benzene rings is 1. The molecule has 1 N–H and O–H groups in total. The molecule has 0 atom stereocenters. The van der Waals surface area contributed by atoms with Crippen LogP contribution < -0.4 is 10.1 Å². The van der Waals surface area contributed by atoms with E-state index in [-0.39, 0.29) is 0 Å². The van der Waals surface area contributed by atoms with E-state index in [1.165, 1.54) is 0 Å². The van der Waals surface area contributed by atoms with Gasteiger partial charge < -0.3 is 10.1 Å². The van der Waals surface area contributed by atoms with Crippen molar-refractivity contribution in [3.8, 4) is 11.5 Å². The molecular weight excluding hydrogens is 272 g/mol. The summed E-state index contributed by atoms with van der Waals surface area (Å²) in [5.41, 5.74) is 2.07. The van der Waals surface area contributed by atoms with Gasteiger partial charge in [0, 0.05) is 18.8 Å². The molecule has 0 aliphatic heterocycles. The second-order valence-corrected chi connectivity index (χ2v) is 5.10. The Balaban J connectivity index is 2.07. The third-order valence-electron chi connectivity index (χ3n) is 2.84. The predicted octanol–water partition coefficient (Wildman–Crippen LogP) is 4.34. The number of ether oxygens (including phenoxy) is 1. The number of halogens is 1. The molecule has 2 aromatic rings. The van der Waals surface area contributed by atoms with Crippen molar-refractivity contribution in [2.45, 2.75) is 26.8 Å². The zero-order valence-corrected chi connectivity index (χ0v) is 12.6. The van der Waals surface area contributed by atoms with Crippen molar-refractivity contribution in [2.75, 3.05) is 6.54 Å². The van der Waals surface area contributed by atoms with E-state index in [0.717, 1.165) is 36.5 Å². The van der Waals surface area contributed by atoms with Gasteiger partial charge in [-0.15, -0.1) is 0 Å². The minimum Gasteiger partial charge on any atom is -0.456 e. The molecule has 0 amide bonds. The van der Waals surface area contributed by atoms with Gasteiger partial charge in [-0.2, -0.15) is 0 Å². The van der Waals surface area contributed by atoms with Crippen LogP contribution in [0.3, 0.4) is 0 Å². The van der Waals surface area contributed by atoms with E-state index in [4.69, 9.17) is 16.3 Å². The van der Waals surface area contributed by atoms with Gasteiger partial charge >= 0.3 is 0 Å². The zero-order chi connectivity index (χ0) is 14.4. The van der Waals surface area contributed by atoms with Crippen LogP contribution in [0.2, 0.25) is 5.02 Å². The highest BCUT2D eigenvalue weighted by Gasteiger charge is 2.04. The molecule has 1 heterocycles. The number of nitrogens with one attached hydrogen (secondary N) is 1. The average molecular weight is 291 g/mol. The lowest BCUT2D eigenvalue weighted by Gasteiger charge is -2.09. The summed E-state index contributed by atoms with van der Waals surface area (Å²) in [7, 11) is 0. The van der Waals surface area contributed by atoms with E-state index >= 15 is 0 Å². The zero-order valence-electron chi connectivity index (χ0n) is 11.8. The summed E-state index contributed by atoms with van der Waals surface area (Å²) in [6.07, 6.45) is 2.86. The van der Waals surface area contributed by atoms with Crippen molar-refractivity contribution in [1.82, 2.24) is 10.3 Å². The summed E-state index contributed by atoms with van der Waals surface area (Å²) in [6, 6.07) is 9.51. The highest BCUT2D eigenvalue weighted by molar-refractivity contribution is 6.32. The first kappa shape index (κ1) is 14.8. The third-order valence-corrected chi connectivity index (χ3v) is 3.13. The fourth-order valence-electron chi connectivity index (χ4n) is 1.83. The lowest BCUT2D eigenvalue weighted by atomic mass is 10.2. The van der Waals surface area contributed by atoms with E-state index in [2.05, 4.69) is 17.2 Å². The third kappa shape index (κ3) is 4.22. The van der Waals surface area contributed by atoms with Gasteiger partial charge in [-0.3, -0.25) is 4.98 Å². The summed E-state index contributed by atoms with van der Waals surface area (Å²) in [5.74, 6) is 1.41. The van der Waals surface area contributed by atoms with Crippen molar-refractivity contribution in [3.05, 3.63) is 52.8 Å². The highest BCUT2D eigenvalue weighted by Crippen LogP contribution is 2.29. The van der Waals surface area contributed by atoms with E-state index < -0.39 is 0 Å². The SMILES string of the molecule is CCCNCc1cc(Oc2ccc(C)cc2Cl)ccn1. The molecule has 0 saturated heterocycles. The molecule has 1 aromatic carbocycles. The first-order valence-corrected chi connectivity index (χ1v) is 7.16. The number of aryl methyl sites for hydroxylation is 1. The van der Waals surface area contributed by atoms with Gasteiger partial charge in [-0.1, -0.05) is 24.6 Å². The molecule has 0 bridgehead atoms. The van der Waals surface area contributed by atoms with Crippen molar-refractivity contribution in [1.29, 1.82) is 0 Å². The highest BCUT2D eigenvalue weighted by atomic mass is 35.5. The smallest absolute Gasteiger partial charge is 0.146 e. The number of nitrogens with zero attached hydrogens (tertiary/aromatic N) is 1. The van der Waals surface area contributed by atoms with E-state index in [9.17, 15) is 0 Å². The van der Waals surface area contributed by atoms with E-state index in [1.54, 1.807) is 6.20 Å². The van der Waals surface area contributed by atoms with Gasteiger partial charge in [0.2, 0.25) is 0 Å². The number of pyridine rings is 1. The van der Waals surface area contributed by atoms with Crippen LogP contribution in [0.4, 0.5) is 0 Å². The molecule has 0 spiro atoms. The molecule has 0 saturated carbocycles. The van der Waals surface area contributed by atoms with Gasteiger partial charge in [0.15, 0.2) is 0 Å². The van der Waals surface area contributed by atoms with Gasteiger partial charge in [0.05, 0.1) is 10.7 Å². The van der Waals surface area contributed by atoms with Crippen molar-refractivity contribution >= 4 is 11.6 Å². The van der Waals surface area contributed by atoms with Crippen molar-refractivity contribution < 1.29 is 4.74 Å². The Bertz CT molecular complexity index is 572. The number of aromatic nitrogens is 1. The van der Waals surface area contributed by atoms with Crippen LogP contribution in [-0.4, -0.2) is 11.5 Å². The van der Waals surface area contributed by atoms with Crippen LogP contribution in [0, 0.1) is 6.92 Å². The standard InChI is InChI=1S/C16H19ClN2O/c1-3-7-18-11-13-10-14(6-8-19-13)20-16-5-4-12(2)9-15(16)17/h4-6,8-10,18H,3,7,11H2,1-2H3. The van der Waals surface area contributed by atoms with Gasteiger partial charge in [-0.05, 0) is 43.7 Å². The Morgan fingerprint density at radius 2 is 2.10 bits per heavy atom. The van der Waals surface area contributed by atoms with Crippen LogP contribution in [0.5, 0.6) is 11.5 Å². The van der Waals surface area contributed by atoms with Crippen LogP contribution in [0.25, 0.3) is 0 Å². The van der Waals surface area contributed by atoms with Gasteiger partial charge in [0.25, 0.3) is 0 Å². The lowest BCUT2D eigenvalue weighted by Crippen LogP contribution is -2.14. The molecule has 0 fully saturated rings. The Hall–Kier alpha value is -1.58. The monoisotopic (exact) mass is 290 g/mol. The quantitative estimate of drug-likeness (QED) is 0.804. The Morgan fingerprint density at radius 1 is 1.25 bits per heavy atom. The molecule has 20 heavy (non-hydrogen) atoms. The van der Waals surface area contributed by atoms with Gasteiger partial charge in [-0.25, -0.2) is 0 Å². The van der Waals surface area contributed by atoms with Crippen LogP contribution >= 0.6 is 11.6 Å². The minimum absolute atomic E-state index is 0.618. The first-order chi connectivity index (χ1) is 9.69. The molecule has 0 aliphatic rings. The predicted molar refractivity (Wildman–Crippen MR) is 82.5 cm³/mol. The fourth-order valence-corrected chi connectivity index (χ4v) is 2.10. The van der Waals surface area contributed by atoms with E-state index in [0.29, 0.717) is 10.8 Å². The molecule has 3 nitrogen and oxygen atoms in total. The number of hydrogen-bond acceptors (Lipinski definition) is 3. The summed E-state index contributed by atoms with van der Waals surface area (Å²) >= 11 is 6.17. The van der Waals surface area contributed by atoms with Crippen molar-refractivity contribution in [3.63, 3.8) is 0 Å². The molecule has 2 rings (SSSR count). The Morgan fingerprint density at radius 3 is 2.85 bits per heavy atom. The van der Waals surface area contributed by atoms with Crippen molar-refractivity contribution in [2.24, 2.45) is 0 Å². The largest absolute Gasteiger partial charge is 0.456 e. The second kappa shape index (κ2) is 7.27. The fraction of sp³-hybridized carbons (Fsp3) is 0.312. The first-order valence-electron chi connectivity index (χ1n) is 6.78. The maximum atomic E-state index is 6.17. The lowest BCUT2D eigenvalue weighted by molar-refractivity contribution is 0.480. The van der Waals surface area contributed by atoms with Crippen LogP contribution in [0.15, 0.2) is 36.5 Å². The maximum absolute atomic E-state index is 6.17. The topological polar surface area (TPSA) is 34.1 Å². The molecule has 0 aliphatic carbocycles.